The summed E-state index contributed by atoms with van der Waals surface area (Å²) in [6.07, 6.45) is 4.28. The van der Waals surface area contributed by atoms with E-state index in [0.717, 1.165) is 16.7 Å². The first-order valence-electron chi connectivity index (χ1n) is 7.15. The second-order valence-electron chi connectivity index (χ2n) is 4.64. The molecular weight excluding hydrogens is 276 g/mol. The average molecular weight is 292 g/mol. The third-order valence-corrected chi connectivity index (χ3v) is 3.12. The normalized spacial score (nSPS) is 11.0. The minimum atomic E-state index is 0.194. The monoisotopic (exact) mass is 292 g/mol. The van der Waals surface area contributed by atoms with E-state index in [4.69, 9.17) is 9.15 Å². The number of hydrogen-bond acceptors (Lipinski definition) is 4. The van der Waals surface area contributed by atoms with Gasteiger partial charge in [0.05, 0.1) is 6.61 Å². The summed E-state index contributed by atoms with van der Waals surface area (Å²) in [5.74, 6) is 0.455. The predicted octanol–water partition coefficient (Wildman–Crippen LogP) is 4.31. The fourth-order valence-corrected chi connectivity index (χ4v) is 2.09. The summed E-state index contributed by atoms with van der Waals surface area (Å²) in [6.45, 7) is 2.37. The van der Waals surface area contributed by atoms with Crippen molar-refractivity contribution < 1.29 is 9.15 Å². The number of rotatable bonds is 5. The van der Waals surface area contributed by atoms with Crippen LogP contribution >= 0.6 is 0 Å². The van der Waals surface area contributed by atoms with Crippen LogP contribution in [0, 0.1) is 0 Å². The van der Waals surface area contributed by atoms with Crippen LogP contribution in [0.3, 0.4) is 0 Å². The van der Waals surface area contributed by atoms with Crippen molar-refractivity contribution in [2.24, 2.45) is 0 Å². The van der Waals surface area contributed by atoms with E-state index < -0.39 is 0 Å². The van der Waals surface area contributed by atoms with Crippen LogP contribution in [0.5, 0.6) is 6.08 Å². The van der Waals surface area contributed by atoms with Gasteiger partial charge in [0.2, 0.25) is 0 Å². The van der Waals surface area contributed by atoms with Gasteiger partial charge in [-0.05, 0) is 24.1 Å². The molecule has 3 rings (SSSR count). The second-order valence-corrected chi connectivity index (χ2v) is 4.64. The fourth-order valence-electron chi connectivity index (χ4n) is 2.09. The van der Waals surface area contributed by atoms with Crippen LogP contribution in [-0.2, 0) is 0 Å². The Balaban J connectivity index is 1.91. The summed E-state index contributed by atoms with van der Waals surface area (Å²) in [5, 5.41) is 7.92. The maximum atomic E-state index is 5.52. The van der Waals surface area contributed by atoms with Crippen molar-refractivity contribution in [3.63, 3.8) is 0 Å². The molecule has 1 aromatic heterocycles. The Bertz CT molecular complexity index is 764. The maximum Gasteiger partial charge on any atom is 0.414 e. The van der Waals surface area contributed by atoms with Crippen LogP contribution in [0.2, 0.25) is 0 Å². The highest BCUT2D eigenvalue weighted by Crippen LogP contribution is 2.26. The van der Waals surface area contributed by atoms with E-state index in [9.17, 15) is 0 Å². The van der Waals surface area contributed by atoms with E-state index in [0.29, 0.717) is 12.5 Å². The molecule has 0 atom stereocenters. The van der Waals surface area contributed by atoms with Crippen LogP contribution in [0.1, 0.15) is 18.1 Å². The van der Waals surface area contributed by atoms with E-state index in [1.165, 1.54) is 0 Å². The number of ether oxygens (including phenoxy) is 1. The van der Waals surface area contributed by atoms with Crippen LogP contribution in [0.15, 0.2) is 59.0 Å². The smallest absolute Gasteiger partial charge is 0.414 e. The summed E-state index contributed by atoms with van der Waals surface area (Å²) in [5.41, 5.74) is 3.03. The highest BCUT2D eigenvalue weighted by atomic mass is 16.6. The molecule has 0 radical (unpaired) electrons. The molecular formula is C18H16N2O2. The van der Waals surface area contributed by atoms with Gasteiger partial charge in [0.15, 0.2) is 0 Å². The molecule has 0 aliphatic carbocycles. The molecule has 0 fully saturated rings. The van der Waals surface area contributed by atoms with Gasteiger partial charge in [-0.3, -0.25) is 0 Å². The number of benzene rings is 2. The zero-order valence-electron chi connectivity index (χ0n) is 12.3. The molecule has 4 nitrogen and oxygen atoms in total. The molecule has 0 aliphatic heterocycles. The van der Waals surface area contributed by atoms with Crippen molar-refractivity contribution in [3.05, 3.63) is 65.7 Å². The fraction of sp³-hybridized carbons (Fsp3) is 0.111. The van der Waals surface area contributed by atoms with Crippen molar-refractivity contribution >= 4 is 12.2 Å². The molecule has 3 aromatic rings. The van der Waals surface area contributed by atoms with Gasteiger partial charge in [0.1, 0.15) is 0 Å². The van der Waals surface area contributed by atoms with Gasteiger partial charge >= 0.3 is 6.08 Å². The number of nitrogens with zero attached hydrogens (tertiary/aromatic N) is 2. The summed E-state index contributed by atoms with van der Waals surface area (Å²) in [6, 6.07) is 18.0. The molecule has 0 saturated carbocycles. The minimum Gasteiger partial charge on any atom is -0.449 e. The number of hydrogen-bond donors (Lipinski definition) is 0. The lowest BCUT2D eigenvalue weighted by Crippen LogP contribution is -1.90. The van der Waals surface area contributed by atoms with E-state index in [2.05, 4.69) is 28.4 Å². The molecule has 0 bridgehead atoms. The Hall–Kier alpha value is -2.88. The van der Waals surface area contributed by atoms with Crippen LogP contribution < -0.4 is 4.74 Å². The minimum absolute atomic E-state index is 0.194. The van der Waals surface area contributed by atoms with E-state index >= 15 is 0 Å². The molecule has 110 valence electrons. The Morgan fingerprint density at radius 3 is 2.55 bits per heavy atom. The number of aromatic nitrogens is 2. The molecule has 1 heterocycles. The van der Waals surface area contributed by atoms with Gasteiger partial charge in [0.25, 0.3) is 5.89 Å². The third kappa shape index (κ3) is 3.23. The molecule has 4 heteroatoms. The molecule has 0 saturated heterocycles. The SMILES string of the molecule is CCOc1nnc(-c2ccccc2C=Cc2ccccc2)o1. The first kappa shape index (κ1) is 14.1. The van der Waals surface area contributed by atoms with Crippen molar-refractivity contribution in [2.75, 3.05) is 6.61 Å². The highest BCUT2D eigenvalue weighted by Gasteiger charge is 2.11. The van der Waals surface area contributed by atoms with Crippen LogP contribution in [0.4, 0.5) is 0 Å². The van der Waals surface area contributed by atoms with E-state index in [1.54, 1.807) is 0 Å². The Morgan fingerprint density at radius 1 is 0.955 bits per heavy atom. The van der Waals surface area contributed by atoms with Crippen LogP contribution in [0.25, 0.3) is 23.6 Å². The summed E-state index contributed by atoms with van der Waals surface area (Å²) >= 11 is 0. The average Bonchev–Trinajstić information content (AvgIpc) is 3.03. The van der Waals surface area contributed by atoms with Gasteiger partial charge in [0, 0.05) is 5.56 Å². The molecule has 22 heavy (non-hydrogen) atoms. The summed E-state index contributed by atoms with van der Waals surface area (Å²) in [7, 11) is 0. The van der Waals surface area contributed by atoms with Gasteiger partial charge < -0.3 is 9.15 Å². The Labute approximate surface area is 129 Å². The molecule has 0 amide bonds. The largest absolute Gasteiger partial charge is 0.449 e. The molecule has 0 N–H and O–H groups in total. The van der Waals surface area contributed by atoms with Gasteiger partial charge in [-0.25, -0.2) is 0 Å². The molecule has 0 unspecified atom stereocenters. The van der Waals surface area contributed by atoms with E-state index in [1.807, 2.05) is 55.5 Å². The Morgan fingerprint density at radius 2 is 1.73 bits per heavy atom. The second kappa shape index (κ2) is 6.72. The zero-order chi connectivity index (χ0) is 15.2. The topological polar surface area (TPSA) is 48.2 Å². The lowest BCUT2D eigenvalue weighted by molar-refractivity contribution is 0.247. The van der Waals surface area contributed by atoms with Crippen molar-refractivity contribution in [1.82, 2.24) is 10.2 Å². The lowest BCUT2D eigenvalue weighted by Gasteiger charge is -2.01. The molecule has 2 aromatic carbocycles. The first-order valence-corrected chi connectivity index (χ1v) is 7.15. The van der Waals surface area contributed by atoms with Crippen molar-refractivity contribution in [2.45, 2.75) is 6.92 Å². The zero-order valence-corrected chi connectivity index (χ0v) is 12.3. The van der Waals surface area contributed by atoms with Crippen molar-refractivity contribution in [1.29, 1.82) is 0 Å². The third-order valence-electron chi connectivity index (χ3n) is 3.12. The van der Waals surface area contributed by atoms with Crippen molar-refractivity contribution in [3.8, 4) is 17.5 Å². The quantitative estimate of drug-likeness (QED) is 0.658. The van der Waals surface area contributed by atoms with Gasteiger partial charge in [-0.2, -0.15) is 0 Å². The lowest BCUT2D eigenvalue weighted by atomic mass is 10.1. The highest BCUT2D eigenvalue weighted by molar-refractivity contribution is 5.78. The van der Waals surface area contributed by atoms with Gasteiger partial charge in [-0.15, -0.1) is 5.10 Å². The molecule has 0 spiro atoms. The van der Waals surface area contributed by atoms with E-state index in [-0.39, 0.29) is 6.08 Å². The van der Waals surface area contributed by atoms with Crippen LogP contribution in [-0.4, -0.2) is 16.8 Å². The van der Waals surface area contributed by atoms with Gasteiger partial charge in [-0.1, -0.05) is 65.8 Å². The molecule has 0 aliphatic rings. The summed E-state index contributed by atoms with van der Waals surface area (Å²) < 4.78 is 10.7. The maximum absolute atomic E-state index is 5.52. The summed E-state index contributed by atoms with van der Waals surface area (Å²) in [4.78, 5) is 0. The predicted molar refractivity (Wildman–Crippen MR) is 86.3 cm³/mol. The Kier molecular flexibility index (Phi) is 4.30. The first-order chi connectivity index (χ1) is 10.9. The standard InChI is InChI=1S/C18H16N2O2/c1-2-21-18-20-19-17(22-18)16-11-7-6-10-15(16)13-12-14-8-4-3-5-9-14/h3-13H,2H2,1H3.